The van der Waals surface area contributed by atoms with Gasteiger partial charge in [0.2, 0.25) is 11.8 Å². The van der Waals surface area contributed by atoms with Crippen molar-refractivity contribution in [3.8, 4) is 0 Å². The Morgan fingerprint density at radius 1 is 0.920 bits per heavy atom. The second kappa shape index (κ2) is 11.5. The van der Waals surface area contributed by atoms with Gasteiger partial charge in [-0.3, -0.25) is 14.5 Å². The van der Waals surface area contributed by atoms with Gasteiger partial charge in [0.1, 0.15) is 0 Å². The molecule has 144 valence electrons. The summed E-state index contributed by atoms with van der Waals surface area (Å²) in [5.74, 6) is 0.519. The lowest BCUT2D eigenvalue weighted by atomic mass is 9.81. The summed E-state index contributed by atoms with van der Waals surface area (Å²) in [5.41, 5.74) is 0. The van der Waals surface area contributed by atoms with Crippen LogP contribution in [0, 0.1) is 11.8 Å². The lowest BCUT2D eigenvalue weighted by Crippen LogP contribution is -2.43. The molecule has 0 aromatic rings. The third-order valence-corrected chi connectivity index (χ3v) is 5.38. The van der Waals surface area contributed by atoms with Gasteiger partial charge in [-0.2, -0.15) is 0 Å². The van der Waals surface area contributed by atoms with Gasteiger partial charge in [0.05, 0.1) is 13.2 Å². The van der Waals surface area contributed by atoms with Crippen LogP contribution < -0.4 is 10.6 Å². The third kappa shape index (κ3) is 7.32. The highest BCUT2D eigenvalue weighted by atomic mass is 16.5. The van der Waals surface area contributed by atoms with E-state index in [0.717, 1.165) is 77.9 Å². The molecule has 2 amide bonds. The highest BCUT2D eigenvalue weighted by molar-refractivity contribution is 5.81. The standard InChI is InChI=1S/C19H35N3O3/c1-2-3-4-9-20-18(23)16-5-7-17(8-6-16)19(24)21-10-11-22-12-14-25-15-13-22/h16-17H,2-15H2,1H3,(H,20,23)(H,21,24). The SMILES string of the molecule is CCCCCNC(=O)C1CCC(C(=O)NCCN2CCOCC2)CC1. The van der Waals surface area contributed by atoms with E-state index in [2.05, 4.69) is 22.5 Å². The number of amides is 2. The highest BCUT2D eigenvalue weighted by Crippen LogP contribution is 2.29. The molecule has 1 saturated heterocycles. The Morgan fingerprint density at radius 2 is 1.48 bits per heavy atom. The molecule has 2 fully saturated rings. The molecule has 0 spiro atoms. The number of ether oxygens (including phenoxy) is 1. The fraction of sp³-hybridized carbons (Fsp3) is 0.895. The normalized spacial score (nSPS) is 24.7. The second-order valence-electron chi connectivity index (χ2n) is 7.29. The molecule has 2 aliphatic rings. The molecule has 0 radical (unpaired) electrons. The average molecular weight is 354 g/mol. The Hall–Kier alpha value is -1.14. The van der Waals surface area contributed by atoms with Crippen molar-refractivity contribution in [3.05, 3.63) is 0 Å². The second-order valence-corrected chi connectivity index (χ2v) is 7.29. The van der Waals surface area contributed by atoms with E-state index in [-0.39, 0.29) is 23.7 Å². The van der Waals surface area contributed by atoms with Crippen LogP contribution >= 0.6 is 0 Å². The molecule has 25 heavy (non-hydrogen) atoms. The van der Waals surface area contributed by atoms with Crippen LogP contribution in [0.3, 0.4) is 0 Å². The minimum absolute atomic E-state index is 0.0776. The van der Waals surface area contributed by atoms with Crippen molar-refractivity contribution in [1.82, 2.24) is 15.5 Å². The van der Waals surface area contributed by atoms with Gasteiger partial charge >= 0.3 is 0 Å². The zero-order valence-corrected chi connectivity index (χ0v) is 15.7. The van der Waals surface area contributed by atoms with E-state index < -0.39 is 0 Å². The van der Waals surface area contributed by atoms with Crippen LogP contribution in [0.5, 0.6) is 0 Å². The van der Waals surface area contributed by atoms with Crippen molar-refractivity contribution >= 4 is 11.8 Å². The van der Waals surface area contributed by atoms with Crippen LogP contribution in [0.1, 0.15) is 51.9 Å². The van der Waals surface area contributed by atoms with Crippen LogP contribution in [0.25, 0.3) is 0 Å². The number of nitrogens with one attached hydrogen (secondary N) is 2. The Bertz CT molecular complexity index is 403. The maximum absolute atomic E-state index is 12.3. The van der Waals surface area contributed by atoms with Gasteiger partial charge in [0, 0.05) is 44.6 Å². The predicted octanol–water partition coefficient (Wildman–Crippen LogP) is 1.55. The number of rotatable bonds is 9. The molecule has 0 aromatic carbocycles. The van der Waals surface area contributed by atoms with Crippen molar-refractivity contribution in [3.63, 3.8) is 0 Å². The third-order valence-electron chi connectivity index (χ3n) is 5.38. The minimum Gasteiger partial charge on any atom is -0.379 e. The van der Waals surface area contributed by atoms with E-state index in [9.17, 15) is 9.59 Å². The van der Waals surface area contributed by atoms with Crippen molar-refractivity contribution in [2.75, 3.05) is 45.9 Å². The summed E-state index contributed by atoms with van der Waals surface area (Å²) in [5, 5.41) is 6.12. The quantitative estimate of drug-likeness (QED) is 0.617. The summed E-state index contributed by atoms with van der Waals surface area (Å²) in [6, 6.07) is 0. The first-order chi connectivity index (χ1) is 12.2. The van der Waals surface area contributed by atoms with Crippen LogP contribution in [0.15, 0.2) is 0 Å². The van der Waals surface area contributed by atoms with Crippen LogP contribution in [-0.2, 0) is 14.3 Å². The number of hydrogen-bond donors (Lipinski definition) is 2. The maximum Gasteiger partial charge on any atom is 0.223 e. The van der Waals surface area contributed by atoms with Gasteiger partial charge in [0.25, 0.3) is 0 Å². The molecule has 2 rings (SSSR count). The maximum atomic E-state index is 12.3. The first-order valence-electron chi connectivity index (χ1n) is 10.1. The molecular weight excluding hydrogens is 318 g/mol. The van der Waals surface area contributed by atoms with Gasteiger partial charge < -0.3 is 15.4 Å². The highest BCUT2D eigenvalue weighted by Gasteiger charge is 2.29. The molecule has 1 heterocycles. The zero-order chi connectivity index (χ0) is 17.9. The monoisotopic (exact) mass is 353 g/mol. The largest absolute Gasteiger partial charge is 0.379 e. The number of morpholine rings is 1. The van der Waals surface area contributed by atoms with Crippen LogP contribution in [0.4, 0.5) is 0 Å². The van der Waals surface area contributed by atoms with Crippen molar-refractivity contribution in [1.29, 1.82) is 0 Å². The lowest BCUT2D eigenvalue weighted by Gasteiger charge is -2.28. The zero-order valence-electron chi connectivity index (χ0n) is 15.7. The molecule has 0 aromatic heterocycles. The molecule has 1 aliphatic heterocycles. The van der Waals surface area contributed by atoms with E-state index in [1.165, 1.54) is 6.42 Å². The molecule has 0 bridgehead atoms. The summed E-state index contributed by atoms with van der Waals surface area (Å²) in [4.78, 5) is 26.8. The van der Waals surface area contributed by atoms with E-state index in [0.29, 0.717) is 6.54 Å². The number of unbranched alkanes of at least 4 members (excludes halogenated alkanes) is 2. The fourth-order valence-electron chi connectivity index (χ4n) is 3.66. The molecule has 6 nitrogen and oxygen atoms in total. The Kier molecular flexibility index (Phi) is 9.26. The molecule has 1 aliphatic carbocycles. The topological polar surface area (TPSA) is 70.7 Å². The van der Waals surface area contributed by atoms with E-state index >= 15 is 0 Å². The number of nitrogens with zero attached hydrogens (tertiary/aromatic N) is 1. The van der Waals surface area contributed by atoms with Crippen LogP contribution in [-0.4, -0.2) is 62.7 Å². The molecule has 0 atom stereocenters. The molecule has 2 N–H and O–H groups in total. The first-order valence-corrected chi connectivity index (χ1v) is 10.1. The summed E-state index contributed by atoms with van der Waals surface area (Å²) in [6.45, 7) is 8.03. The molecule has 1 saturated carbocycles. The van der Waals surface area contributed by atoms with Gasteiger partial charge in [-0.15, -0.1) is 0 Å². The lowest BCUT2D eigenvalue weighted by molar-refractivity contribution is -0.130. The number of carbonyl (C=O) groups is 2. The minimum atomic E-state index is 0.0776. The van der Waals surface area contributed by atoms with Crippen molar-refractivity contribution < 1.29 is 14.3 Å². The smallest absolute Gasteiger partial charge is 0.223 e. The van der Waals surface area contributed by atoms with Gasteiger partial charge in [0.15, 0.2) is 0 Å². The van der Waals surface area contributed by atoms with Crippen molar-refractivity contribution in [2.45, 2.75) is 51.9 Å². The molecular formula is C19H35N3O3. The predicted molar refractivity (Wildman–Crippen MR) is 98.3 cm³/mol. The van der Waals surface area contributed by atoms with Crippen LogP contribution in [0.2, 0.25) is 0 Å². The number of carbonyl (C=O) groups excluding carboxylic acids is 2. The summed E-state index contributed by atoms with van der Waals surface area (Å²) >= 11 is 0. The fourth-order valence-corrected chi connectivity index (χ4v) is 3.66. The Balaban J connectivity index is 1.57. The van der Waals surface area contributed by atoms with Crippen molar-refractivity contribution in [2.24, 2.45) is 11.8 Å². The first kappa shape index (κ1) is 20.2. The Morgan fingerprint density at radius 3 is 2.04 bits per heavy atom. The summed E-state index contributed by atoms with van der Waals surface area (Å²) < 4.78 is 5.33. The van der Waals surface area contributed by atoms with E-state index in [1.807, 2.05) is 0 Å². The van der Waals surface area contributed by atoms with E-state index in [1.54, 1.807) is 0 Å². The molecule has 6 heteroatoms. The van der Waals surface area contributed by atoms with E-state index in [4.69, 9.17) is 4.74 Å². The summed E-state index contributed by atoms with van der Waals surface area (Å²) in [7, 11) is 0. The van der Waals surface area contributed by atoms with Gasteiger partial charge in [-0.1, -0.05) is 19.8 Å². The summed E-state index contributed by atoms with van der Waals surface area (Å²) in [6.07, 6.45) is 6.72. The van der Waals surface area contributed by atoms with Gasteiger partial charge in [-0.25, -0.2) is 0 Å². The number of hydrogen-bond acceptors (Lipinski definition) is 4. The van der Waals surface area contributed by atoms with Gasteiger partial charge in [-0.05, 0) is 32.1 Å². The average Bonchev–Trinajstić information content (AvgIpc) is 2.66. The molecule has 0 unspecified atom stereocenters. The Labute approximate surface area is 152 Å².